The van der Waals surface area contributed by atoms with Crippen LogP contribution in [0.5, 0.6) is 5.75 Å². The molecule has 2 rings (SSSR count). The second kappa shape index (κ2) is 12.6. The van der Waals surface area contributed by atoms with Gasteiger partial charge in [0.2, 0.25) is 0 Å². The molecule has 2 N–H and O–H groups in total. The molecule has 26 heavy (non-hydrogen) atoms. The van der Waals surface area contributed by atoms with Crippen molar-refractivity contribution in [2.75, 3.05) is 26.2 Å². The van der Waals surface area contributed by atoms with E-state index in [2.05, 4.69) is 27.7 Å². The van der Waals surface area contributed by atoms with E-state index < -0.39 is 0 Å². The van der Waals surface area contributed by atoms with Crippen LogP contribution < -0.4 is 15.4 Å². The fraction of sp³-hybridized carbons (Fsp3) is 0.474. The predicted octanol–water partition coefficient (Wildman–Crippen LogP) is 3.48. The fourth-order valence-corrected chi connectivity index (χ4v) is 2.47. The van der Waals surface area contributed by atoms with E-state index in [4.69, 9.17) is 9.26 Å². The summed E-state index contributed by atoms with van der Waals surface area (Å²) in [4.78, 5) is 4.58. The number of benzene rings is 1. The zero-order chi connectivity index (χ0) is 17.9. The topological polar surface area (TPSA) is 71.7 Å². The molecule has 0 radical (unpaired) electrons. The minimum atomic E-state index is 0. The van der Waals surface area contributed by atoms with Gasteiger partial charge in [-0.3, -0.25) is 4.99 Å². The Morgan fingerprint density at radius 1 is 1.19 bits per heavy atom. The minimum Gasteiger partial charge on any atom is -0.494 e. The van der Waals surface area contributed by atoms with Gasteiger partial charge in [-0.2, -0.15) is 0 Å². The summed E-state index contributed by atoms with van der Waals surface area (Å²) >= 11 is 0. The SMILES string of the molecule is CCNC(=NCCCOc1ccccc1)NCCc1c(C)noc1C.I. The first-order chi connectivity index (χ1) is 12.2. The lowest BCUT2D eigenvalue weighted by Crippen LogP contribution is -2.38. The molecule has 0 aliphatic rings. The molecule has 6 nitrogen and oxygen atoms in total. The molecule has 1 aromatic carbocycles. The van der Waals surface area contributed by atoms with Gasteiger partial charge in [0, 0.05) is 31.6 Å². The van der Waals surface area contributed by atoms with Gasteiger partial charge in [0.1, 0.15) is 11.5 Å². The molecule has 7 heteroatoms. The molecule has 0 bridgehead atoms. The normalized spacial score (nSPS) is 11.0. The predicted molar refractivity (Wildman–Crippen MR) is 116 cm³/mol. The third-order valence-electron chi connectivity index (χ3n) is 3.78. The van der Waals surface area contributed by atoms with Crippen molar-refractivity contribution >= 4 is 29.9 Å². The fourth-order valence-electron chi connectivity index (χ4n) is 2.47. The van der Waals surface area contributed by atoms with E-state index >= 15 is 0 Å². The number of aliphatic imine (C=N–C) groups is 1. The van der Waals surface area contributed by atoms with E-state index in [-0.39, 0.29) is 24.0 Å². The number of rotatable bonds is 9. The van der Waals surface area contributed by atoms with Gasteiger partial charge < -0.3 is 19.9 Å². The number of guanidine groups is 1. The molecule has 0 spiro atoms. The molecule has 1 heterocycles. The van der Waals surface area contributed by atoms with Crippen molar-refractivity contribution < 1.29 is 9.26 Å². The first-order valence-corrected chi connectivity index (χ1v) is 8.82. The van der Waals surface area contributed by atoms with Crippen LogP contribution in [0.15, 0.2) is 39.8 Å². The van der Waals surface area contributed by atoms with Gasteiger partial charge >= 0.3 is 0 Å². The second-order valence-electron chi connectivity index (χ2n) is 5.76. The maximum atomic E-state index is 5.68. The molecular formula is C19H29IN4O2. The standard InChI is InChI=1S/C19H28N4O2.HI/c1-4-20-19(22-13-11-18-15(2)23-25-16(18)3)21-12-8-14-24-17-9-6-5-7-10-17;/h5-7,9-10H,4,8,11-14H2,1-3H3,(H2,20,21,22);1H. The molecule has 0 atom stereocenters. The number of halogens is 1. The summed E-state index contributed by atoms with van der Waals surface area (Å²) in [7, 11) is 0. The minimum absolute atomic E-state index is 0. The molecule has 0 aliphatic heterocycles. The first-order valence-electron chi connectivity index (χ1n) is 8.82. The van der Waals surface area contributed by atoms with Crippen LogP contribution in [0.2, 0.25) is 0 Å². The van der Waals surface area contributed by atoms with Gasteiger partial charge in [0.25, 0.3) is 0 Å². The lowest BCUT2D eigenvalue weighted by atomic mass is 10.1. The van der Waals surface area contributed by atoms with Gasteiger partial charge in [0.15, 0.2) is 5.96 Å². The van der Waals surface area contributed by atoms with Gasteiger partial charge in [0.05, 0.1) is 12.3 Å². The maximum Gasteiger partial charge on any atom is 0.191 e. The lowest BCUT2D eigenvalue weighted by molar-refractivity contribution is 0.313. The van der Waals surface area contributed by atoms with Crippen LogP contribution in [0.3, 0.4) is 0 Å². The zero-order valence-electron chi connectivity index (χ0n) is 15.7. The highest BCUT2D eigenvalue weighted by Gasteiger charge is 2.08. The van der Waals surface area contributed by atoms with Crippen LogP contribution in [0.25, 0.3) is 0 Å². The molecule has 0 saturated heterocycles. The Labute approximate surface area is 172 Å². The quantitative estimate of drug-likeness (QED) is 0.253. The summed E-state index contributed by atoms with van der Waals surface area (Å²) in [5.41, 5.74) is 2.12. The number of para-hydroxylation sites is 1. The zero-order valence-corrected chi connectivity index (χ0v) is 18.1. The molecule has 0 unspecified atom stereocenters. The Balaban J connectivity index is 0.00000338. The number of aromatic nitrogens is 1. The molecular weight excluding hydrogens is 443 g/mol. The third kappa shape index (κ3) is 7.63. The van der Waals surface area contributed by atoms with Crippen molar-refractivity contribution in [3.05, 3.63) is 47.3 Å². The Kier molecular flexibility index (Phi) is 10.8. The molecule has 0 saturated carbocycles. The average molecular weight is 472 g/mol. The largest absolute Gasteiger partial charge is 0.494 e. The van der Waals surface area contributed by atoms with Gasteiger partial charge in [-0.15, -0.1) is 24.0 Å². The highest BCUT2D eigenvalue weighted by Crippen LogP contribution is 2.12. The summed E-state index contributed by atoms with van der Waals surface area (Å²) in [6.07, 6.45) is 1.73. The van der Waals surface area contributed by atoms with Crippen molar-refractivity contribution in [2.45, 2.75) is 33.6 Å². The summed E-state index contributed by atoms with van der Waals surface area (Å²) in [6.45, 7) is 8.97. The second-order valence-corrected chi connectivity index (χ2v) is 5.76. The number of nitrogens with zero attached hydrogens (tertiary/aromatic N) is 2. The molecule has 0 amide bonds. The monoisotopic (exact) mass is 472 g/mol. The molecule has 0 aliphatic carbocycles. The molecule has 0 fully saturated rings. The van der Waals surface area contributed by atoms with Gasteiger partial charge in [-0.25, -0.2) is 0 Å². The number of hydrogen-bond donors (Lipinski definition) is 2. The third-order valence-corrected chi connectivity index (χ3v) is 3.78. The smallest absolute Gasteiger partial charge is 0.191 e. The van der Waals surface area contributed by atoms with Crippen molar-refractivity contribution in [3.63, 3.8) is 0 Å². The van der Waals surface area contributed by atoms with E-state index in [9.17, 15) is 0 Å². The summed E-state index contributed by atoms with van der Waals surface area (Å²) < 4.78 is 10.9. The van der Waals surface area contributed by atoms with Crippen molar-refractivity contribution in [1.82, 2.24) is 15.8 Å². The van der Waals surface area contributed by atoms with E-state index in [1.54, 1.807) is 0 Å². The van der Waals surface area contributed by atoms with E-state index in [0.717, 1.165) is 49.1 Å². The molecule has 144 valence electrons. The molecule has 2 aromatic rings. The van der Waals surface area contributed by atoms with Crippen LogP contribution in [-0.4, -0.2) is 37.4 Å². The van der Waals surface area contributed by atoms with E-state index in [1.807, 2.05) is 44.2 Å². The van der Waals surface area contributed by atoms with Crippen molar-refractivity contribution in [1.29, 1.82) is 0 Å². The van der Waals surface area contributed by atoms with E-state index in [0.29, 0.717) is 13.2 Å². The lowest BCUT2D eigenvalue weighted by Gasteiger charge is -2.11. The first kappa shape index (κ1) is 22.3. The maximum absolute atomic E-state index is 5.68. The number of nitrogens with one attached hydrogen (secondary N) is 2. The Hall–Kier alpha value is -1.77. The Morgan fingerprint density at radius 3 is 2.62 bits per heavy atom. The van der Waals surface area contributed by atoms with Crippen LogP contribution in [0.4, 0.5) is 0 Å². The van der Waals surface area contributed by atoms with E-state index in [1.165, 1.54) is 5.56 Å². The summed E-state index contributed by atoms with van der Waals surface area (Å²) in [6, 6.07) is 9.85. The Morgan fingerprint density at radius 2 is 1.96 bits per heavy atom. The van der Waals surface area contributed by atoms with Crippen LogP contribution in [0.1, 0.15) is 30.4 Å². The van der Waals surface area contributed by atoms with Gasteiger partial charge in [-0.05, 0) is 39.3 Å². The highest BCUT2D eigenvalue weighted by molar-refractivity contribution is 14.0. The number of aryl methyl sites for hydroxylation is 2. The van der Waals surface area contributed by atoms with Crippen molar-refractivity contribution in [2.24, 2.45) is 4.99 Å². The summed E-state index contributed by atoms with van der Waals surface area (Å²) in [5.74, 6) is 2.62. The summed E-state index contributed by atoms with van der Waals surface area (Å²) in [5, 5.41) is 10.6. The van der Waals surface area contributed by atoms with Crippen molar-refractivity contribution in [3.8, 4) is 5.75 Å². The van der Waals surface area contributed by atoms with Crippen LogP contribution >= 0.6 is 24.0 Å². The van der Waals surface area contributed by atoms with Crippen LogP contribution in [-0.2, 0) is 6.42 Å². The number of hydrogen-bond acceptors (Lipinski definition) is 4. The molecule has 1 aromatic heterocycles. The number of ether oxygens (including phenoxy) is 1. The Bertz CT molecular complexity index is 639. The highest BCUT2D eigenvalue weighted by atomic mass is 127. The average Bonchev–Trinajstić information content (AvgIpc) is 2.94. The van der Waals surface area contributed by atoms with Gasteiger partial charge in [-0.1, -0.05) is 23.4 Å². The van der Waals surface area contributed by atoms with Crippen LogP contribution in [0, 0.1) is 13.8 Å².